The molecule has 0 N–H and O–H groups in total. The molecule has 1 aromatic carbocycles. The molecule has 0 saturated carbocycles. The van der Waals surface area contributed by atoms with Gasteiger partial charge in [0.1, 0.15) is 0 Å². The summed E-state index contributed by atoms with van der Waals surface area (Å²) in [5.41, 5.74) is 0. The molecule has 0 radical (unpaired) electrons. The molecule has 48 valence electrons. The maximum absolute atomic E-state index is 5.64. The summed E-state index contributed by atoms with van der Waals surface area (Å²) in [5.74, 6) is 0. The molecule has 0 aromatic heterocycles. The molecular weight excluding hydrogens is 198 g/mol. The van der Waals surface area contributed by atoms with E-state index >= 15 is 0 Å². The van der Waals surface area contributed by atoms with Gasteiger partial charge in [-0.25, -0.2) is 0 Å². The third kappa shape index (κ3) is 2.57. The fraction of sp³-hybridized carbons (Fsp3) is 0. The average Bonchev–Trinajstić information content (AvgIpc) is 1.83. The van der Waals surface area contributed by atoms with Gasteiger partial charge in [0.2, 0.25) is 0 Å². The third-order valence-corrected chi connectivity index (χ3v) is 2.19. The minimum atomic E-state index is 0. The molecule has 0 atom stereocenters. The fourth-order valence-corrected chi connectivity index (χ4v) is 1.03. The molecule has 1 aromatic rings. The van der Waals surface area contributed by atoms with E-state index in [9.17, 15) is 0 Å². The average molecular weight is 201 g/mol. The standard InChI is InChI=1S/C6H4Cl2S.Na/c7-4-2-1-3-5(9)6(4)8;/h1-3,9H;/q;+1/p-1. The van der Waals surface area contributed by atoms with Gasteiger partial charge < -0.3 is 12.6 Å². The van der Waals surface area contributed by atoms with E-state index < -0.39 is 0 Å². The minimum Gasteiger partial charge on any atom is -0.778 e. The van der Waals surface area contributed by atoms with Crippen LogP contribution in [0.3, 0.4) is 0 Å². The van der Waals surface area contributed by atoms with Crippen LogP contribution in [0.25, 0.3) is 0 Å². The van der Waals surface area contributed by atoms with Crippen molar-refractivity contribution in [2.45, 2.75) is 4.90 Å². The van der Waals surface area contributed by atoms with Gasteiger partial charge in [0.25, 0.3) is 0 Å². The molecule has 10 heavy (non-hydrogen) atoms. The molecule has 0 unspecified atom stereocenters. The first kappa shape index (κ1) is 11.0. The van der Waals surface area contributed by atoms with Crippen LogP contribution < -0.4 is 29.6 Å². The molecular formula is C6H3Cl2NaS. The van der Waals surface area contributed by atoms with Crippen molar-refractivity contribution < 1.29 is 29.6 Å². The first-order valence-corrected chi connectivity index (χ1v) is 3.49. The van der Waals surface area contributed by atoms with Crippen molar-refractivity contribution in [1.29, 1.82) is 0 Å². The molecule has 0 nitrogen and oxygen atoms in total. The second kappa shape index (κ2) is 4.81. The molecule has 0 bridgehead atoms. The van der Waals surface area contributed by atoms with Gasteiger partial charge in [-0.1, -0.05) is 35.3 Å². The van der Waals surface area contributed by atoms with Crippen LogP contribution in [0.15, 0.2) is 23.1 Å². The molecule has 0 heterocycles. The van der Waals surface area contributed by atoms with E-state index in [2.05, 4.69) is 0 Å². The van der Waals surface area contributed by atoms with Gasteiger partial charge in [0.05, 0.1) is 5.02 Å². The smallest absolute Gasteiger partial charge is 0.778 e. The summed E-state index contributed by atoms with van der Waals surface area (Å²) in [6.07, 6.45) is 0. The molecule has 0 fully saturated rings. The van der Waals surface area contributed by atoms with Crippen LogP contribution in [0.4, 0.5) is 0 Å². The fourth-order valence-electron chi connectivity index (χ4n) is 0.484. The summed E-state index contributed by atoms with van der Waals surface area (Å²) < 4.78 is 0. The Kier molecular flexibility index (Phi) is 5.30. The van der Waals surface area contributed by atoms with Crippen LogP contribution in [0.5, 0.6) is 0 Å². The van der Waals surface area contributed by atoms with Crippen LogP contribution in [0, 0.1) is 0 Å². The van der Waals surface area contributed by atoms with Crippen molar-refractivity contribution in [3.05, 3.63) is 28.2 Å². The molecule has 0 amide bonds. The number of hydrogen-bond acceptors (Lipinski definition) is 1. The maximum atomic E-state index is 5.64. The van der Waals surface area contributed by atoms with E-state index in [-0.39, 0.29) is 29.6 Å². The van der Waals surface area contributed by atoms with Gasteiger partial charge in [-0.2, -0.15) is 4.90 Å². The Bertz CT molecular complexity index is 207. The summed E-state index contributed by atoms with van der Waals surface area (Å²) in [6.45, 7) is 0. The normalized spacial score (nSPS) is 8.60. The van der Waals surface area contributed by atoms with Crippen molar-refractivity contribution in [3.8, 4) is 0 Å². The summed E-state index contributed by atoms with van der Waals surface area (Å²) in [7, 11) is 0. The zero-order valence-electron chi connectivity index (χ0n) is 5.40. The number of hydrogen-bond donors (Lipinski definition) is 0. The van der Waals surface area contributed by atoms with Gasteiger partial charge in [-0.05, 0) is 6.07 Å². The number of rotatable bonds is 0. The Hall–Kier alpha value is 1.02. The zero-order chi connectivity index (χ0) is 6.85. The third-order valence-electron chi connectivity index (χ3n) is 0.916. The van der Waals surface area contributed by atoms with Crippen LogP contribution >= 0.6 is 23.2 Å². The second-order valence-electron chi connectivity index (χ2n) is 1.55. The minimum absolute atomic E-state index is 0. The Morgan fingerprint density at radius 2 is 1.80 bits per heavy atom. The van der Waals surface area contributed by atoms with Gasteiger partial charge in [-0.15, -0.1) is 0 Å². The first-order valence-electron chi connectivity index (χ1n) is 2.33. The monoisotopic (exact) mass is 200 g/mol. The first-order chi connectivity index (χ1) is 4.22. The van der Waals surface area contributed by atoms with E-state index in [1.54, 1.807) is 18.2 Å². The Morgan fingerprint density at radius 1 is 1.20 bits per heavy atom. The SMILES string of the molecule is [Na+].[S-]c1cccc(Cl)c1Cl. The van der Waals surface area contributed by atoms with Crippen molar-refractivity contribution in [2.75, 3.05) is 0 Å². The molecule has 0 spiro atoms. The summed E-state index contributed by atoms with van der Waals surface area (Å²) in [4.78, 5) is 0.601. The van der Waals surface area contributed by atoms with Crippen molar-refractivity contribution >= 4 is 35.8 Å². The topological polar surface area (TPSA) is 0 Å². The van der Waals surface area contributed by atoms with E-state index in [4.69, 9.17) is 35.8 Å². The van der Waals surface area contributed by atoms with Crippen LogP contribution in [0.2, 0.25) is 10.0 Å². The van der Waals surface area contributed by atoms with E-state index in [1.165, 1.54) is 0 Å². The van der Waals surface area contributed by atoms with Crippen LogP contribution in [0.1, 0.15) is 0 Å². The predicted octanol–water partition coefficient (Wildman–Crippen LogP) is -0.0968. The number of benzene rings is 1. The molecule has 0 aliphatic carbocycles. The Morgan fingerprint density at radius 3 is 2.20 bits per heavy atom. The molecule has 1 rings (SSSR count). The van der Waals surface area contributed by atoms with Gasteiger partial charge in [0, 0.05) is 5.02 Å². The quantitative estimate of drug-likeness (QED) is 0.417. The molecule has 0 saturated heterocycles. The van der Waals surface area contributed by atoms with Gasteiger partial charge in [0.15, 0.2) is 0 Å². The van der Waals surface area contributed by atoms with Crippen LogP contribution in [-0.4, -0.2) is 0 Å². The molecule has 4 heteroatoms. The Balaban J connectivity index is 0.000000810. The van der Waals surface area contributed by atoms with Crippen molar-refractivity contribution in [2.24, 2.45) is 0 Å². The predicted molar refractivity (Wildman–Crippen MR) is 42.1 cm³/mol. The summed E-state index contributed by atoms with van der Waals surface area (Å²) in [6, 6.07) is 5.22. The van der Waals surface area contributed by atoms with Crippen molar-refractivity contribution in [3.63, 3.8) is 0 Å². The van der Waals surface area contributed by atoms with Gasteiger partial charge >= 0.3 is 29.6 Å². The maximum Gasteiger partial charge on any atom is 1.00 e. The largest absolute Gasteiger partial charge is 1.00 e. The summed E-state index contributed by atoms with van der Waals surface area (Å²) in [5, 5.41) is 0.985. The number of halogens is 2. The zero-order valence-corrected chi connectivity index (χ0v) is 9.72. The van der Waals surface area contributed by atoms with E-state index in [0.717, 1.165) is 0 Å². The molecule has 0 aliphatic heterocycles. The van der Waals surface area contributed by atoms with E-state index in [1.807, 2.05) is 0 Å². The van der Waals surface area contributed by atoms with Gasteiger partial charge in [-0.3, -0.25) is 0 Å². The molecule has 0 aliphatic rings. The summed E-state index contributed by atoms with van der Waals surface area (Å²) >= 11 is 16.1. The Labute approximate surface area is 97.6 Å². The van der Waals surface area contributed by atoms with Crippen molar-refractivity contribution in [1.82, 2.24) is 0 Å². The second-order valence-corrected chi connectivity index (χ2v) is 2.78. The van der Waals surface area contributed by atoms with E-state index in [0.29, 0.717) is 14.9 Å². The van der Waals surface area contributed by atoms with Crippen LogP contribution in [-0.2, 0) is 12.6 Å².